The van der Waals surface area contributed by atoms with Crippen LogP contribution in [0.15, 0.2) is 0 Å². The first-order chi connectivity index (χ1) is 7.36. The van der Waals surface area contributed by atoms with Gasteiger partial charge in [-0.25, -0.2) is 0 Å². The summed E-state index contributed by atoms with van der Waals surface area (Å²) in [6.07, 6.45) is 8.56. The summed E-state index contributed by atoms with van der Waals surface area (Å²) in [7, 11) is 0. The molecule has 2 fully saturated rings. The minimum Gasteiger partial charge on any atom is -0.315 e. The molecule has 2 N–H and O–H groups in total. The summed E-state index contributed by atoms with van der Waals surface area (Å²) in [6, 6.07) is 0.754. The van der Waals surface area contributed by atoms with E-state index in [0.717, 1.165) is 17.9 Å². The topological polar surface area (TPSA) is 24.1 Å². The van der Waals surface area contributed by atoms with Gasteiger partial charge < -0.3 is 10.6 Å². The Labute approximate surface area is 94.2 Å². The molecule has 1 aliphatic carbocycles. The van der Waals surface area contributed by atoms with Gasteiger partial charge in [0.05, 0.1) is 0 Å². The molecule has 15 heavy (non-hydrogen) atoms. The fraction of sp³-hybridized carbons (Fsp3) is 1.00. The summed E-state index contributed by atoms with van der Waals surface area (Å²) in [4.78, 5) is 0. The summed E-state index contributed by atoms with van der Waals surface area (Å²) in [6.45, 7) is 6.09. The van der Waals surface area contributed by atoms with E-state index < -0.39 is 0 Å². The Morgan fingerprint density at radius 3 is 2.67 bits per heavy atom. The van der Waals surface area contributed by atoms with E-state index in [2.05, 4.69) is 17.6 Å². The fourth-order valence-electron chi connectivity index (χ4n) is 3.07. The van der Waals surface area contributed by atoms with Gasteiger partial charge in [-0.15, -0.1) is 0 Å². The molecule has 0 spiro atoms. The molecule has 2 rings (SSSR count). The lowest BCUT2D eigenvalue weighted by atomic mass is 9.80. The highest BCUT2D eigenvalue weighted by Crippen LogP contribution is 2.28. The van der Waals surface area contributed by atoms with Crippen LogP contribution in [0.4, 0.5) is 0 Å². The maximum absolute atomic E-state index is 3.66. The average molecular weight is 210 g/mol. The van der Waals surface area contributed by atoms with Gasteiger partial charge in [0, 0.05) is 12.6 Å². The van der Waals surface area contributed by atoms with Crippen molar-refractivity contribution < 1.29 is 0 Å². The molecule has 1 heterocycles. The van der Waals surface area contributed by atoms with Crippen LogP contribution in [0.2, 0.25) is 0 Å². The molecule has 3 atom stereocenters. The van der Waals surface area contributed by atoms with Crippen LogP contribution in [0.3, 0.4) is 0 Å². The number of hydrogen-bond acceptors (Lipinski definition) is 2. The van der Waals surface area contributed by atoms with Crippen molar-refractivity contribution in [1.82, 2.24) is 10.6 Å². The summed E-state index contributed by atoms with van der Waals surface area (Å²) in [5, 5.41) is 7.21. The molecule has 1 saturated heterocycles. The smallest absolute Gasteiger partial charge is 0.0192 e. The second-order valence-electron chi connectivity index (χ2n) is 5.47. The minimum atomic E-state index is 0.754. The quantitative estimate of drug-likeness (QED) is 0.743. The second-order valence-corrected chi connectivity index (χ2v) is 5.47. The Kier molecular flexibility index (Phi) is 4.45. The van der Waals surface area contributed by atoms with Crippen LogP contribution in [-0.2, 0) is 0 Å². The Bertz CT molecular complexity index is 175. The third-order valence-corrected chi connectivity index (χ3v) is 4.25. The number of rotatable bonds is 4. The third kappa shape index (κ3) is 3.46. The van der Waals surface area contributed by atoms with Crippen molar-refractivity contribution in [2.75, 3.05) is 19.6 Å². The molecule has 2 aliphatic rings. The van der Waals surface area contributed by atoms with Gasteiger partial charge in [0.2, 0.25) is 0 Å². The van der Waals surface area contributed by atoms with Crippen molar-refractivity contribution in [2.24, 2.45) is 11.8 Å². The normalized spacial score (nSPS) is 37.0. The van der Waals surface area contributed by atoms with Crippen molar-refractivity contribution in [3.63, 3.8) is 0 Å². The van der Waals surface area contributed by atoms with Crippen molar-refractivity contribution >= 4 is 0 Å². The molecule has 0 amide bonds. The van der Waals surface area contributed by atoms with Gasteiger partial charge >= 0.3 is 0 Å². The van der Waals surface area contributed by atoms with Crippen molar-refractivity contribution in [1.29, 1.82) is 0 Å². The Balaban J connectivity index is 1.59. The highest BCUT2D eigenvalue weighted by Gasteiger charge is 2.21. The van der Waals surface area contributed by atoms with E-state index in [1.807, 2.05) is 0 Å². The highest BCUT2D eigenvalue weighted by molar-refractivity contribution is 4.79. The Morgan fingerprint density at radius 2 is 1.93 bits per heavy atom. The van der Waals surface area contributed by atoms with E-state index in [9.17, 15) is 0 Å². The van der Waals surface area contributed by atoms with Crippen LogP contribution in [0, 0.1) is 11.8 Å². The number of hydrogen-bond donors (Lipinski definition) is 2. The maximum atomic E-state index is 3.66. The van der Waals surface area contributed by atoms with E-state index in [0.29, 0.717) is 0 Å². The highest BCUT2D eigenvalue weighted by atomic mass is 15.0. The zero-order chi connectivity index (χ0) is 10.5. The lowest BCUT2D eigenvalue weighted by Crippen LogP contribution is -2.37. The van der Waals surface area contributed by atoms with Gasteiger partial charge in [-0.1, -0.05) is 26.2 Å². The van der Waals surface area contributed by atoms with Crippen LogP contribution in [-0.4, -0.2) is 25.7 Å². The second kappa shape index (κ2) is 5.86. The molecular weight excluding hydrogens is 184 g/mol. The SMILES string of the molecule is CC1CCCCC1CNCC1CCCN1. The predicted octanol–water partition coefficient (Wildman–Crippen LogP) is 2.15. The Morgan fingerprint density at radius 1 is 1.07 bits per heavy atom. The Hall–Kier alpha value is -0.0800. The summed E-state index contributed by atoms with van der Waals surface area (Å²) in [5.41, 5.74) is 0. The number of nitrogens with one attached hydrogen (secondary N) is 2. The summed E-state index contributed by atoms with van der Waals surface area (Å²) < 4.78 is 0. The molecular formula is C13H26N2. The van der Waals surface area contributed by atoms with Crippen LogP contribution in [0.25, 0.3) is 0 Å². The molecule has 3 unspecified atom stereocenters. The van der Waals surface area contributed by atoms with Gasteiger partial charge in [-0.3, -0.25) is 0 Å². The monoisotopic (exact) mass is 210 g/mol. The standard InChI is InChI=1S/C13H26N2/c1-11-5-2-3-6-12(11)9-14-10-13-7-4-8-15-13/h11-15H,2-10H2,1H3. The van der Waals surface area contributed by atoms with Gasteiger partial charge in [-0.05, 0) is 44.2 Å². The van der Waals surface area contributed by atoms with Crippen molar-refractivity contribution in [2.45, 2.75) is 51.5 Å². The minimum absolute atomic E-state index is 0.754. The molecule has 0 aromatic carbocycles. The van der Waals surface area contributed by atoms with Gasteiger partial charge in [-0.2, -0.15) is 0 Å². The van der Waals surface area contributed by atoms with Crippen LogP contribution in [0.5, 0.6) is 0 Å². The predicted molar refractivity (Wildman–Crippen MR) is 65.0 cm³/mol. The lowest BCUT2D eigenvalue weighted by molar-refractivity contribution is 0.246. The zero-order valence-corrected chi connectivity index (χ0v) is 10.1. The molecule has 0 bridgehead atoms. The maximum Gasteiger partial charge on any atom is 0.0192 e. The first kappa shape index (κ1) is 11.4. The molecule has 0 aromatic rings. The van der Waals surface area contributed by atoms with Crippen molar-refractivity contribution in [3.05, 3.63) is 0 Å². The first-order valence-corrected chi connectivity index (χ1v) is 6.80. The molecule has 88 valence electrons. The van der Waals surface area contributed by atoms with Gasteiger partial charge in [0.25, 0.3) is 0 Å². The molecule has 1 saturated carbocycles. The van der Waals surface area contributed by atoms with Crippen molar-refractivity contribution in [3.8, 4) is 0 Å². The van der Waals surface area contributed by atoms with Gasteiger partial charge in [0.15, 0.2) is 0 Å². The van der Waals surface area contributed by atoms with E-state index >= 15 is 0 Å². The summed E-state index contributed by atoms with van der Waals surface area (Å²) in [5.74, 6) is 1.89. The molecule has 2 heteroatoms. The van der Waals surface area contributed by atoms with Crippen LogP contribution < -0.4 is 10.6 Å². The largest absolute Gasteiger partial charge is 0.315 e. The molecule has 2 nitrogen and oxygen atoms in total. The van der Waals surface area contributed by atoms with Crippen LogP contribution in [0.1, 0.15) is 45.4 Å². The molecule has 1 aliphatic heterocycles. The van der Waals surface area contributed by atoms with Gasteiger partial charge in [0.1, 0.15) is 0 Å². The lowest BCUT2D eigenvalue weighted by Gasteiger charge is -2.29. The fourth-order valence-corrected chi connectivity index (χ4v) is 3.07. The molecule has 0 radical (unpaired) electrons. The zero-order valence-electron chi connectivity index (χ0n) is 10.1. The average Bonchev–Trinajstić information content (AvgIpc) is 2.74. The van der Waals surface area contributed by atoms with E-state index in [1.54, 1.807) is 0 Å². The molecule has 0 aromatic heterocycles. The van der Waals surface area contributed by atoms with E-state index in [1.165, 1.54) is 58.2 Å². The van der Waals surface area contributed by atoms with E-state index in [4.69, 9.17) is 0 Å². The van der Waals surface area contributed by atoms with E-state index in [-0.39, 0.29) is 0 Å². The summed E-state index contributed by atoms with van der Waals surface area (Å²) >= 11 is 0. The third-order valence-electron chi connectivity index (χ3n) is 4.25. The first-order valence-electron chi connectivity index (χ1n) is 6.80. The van der Waals surface area contributed by atoms with Crippen LogP contribution >= 0.6 is 0 Å².